The number of hydrogen-bond acceptors (Lipinski definition) is 5. The Morgan fingerprint density at radius 3 is 2.62 bits per heavy atom. The van der Waals surface area contributed by atoms with Gasteiger partial charge in [-0.2, -0.15) is 18.3 Å². The molecule has 0 fully saturated rings. The van der Waals surface area contributed by atoms with Crippen molar-refractivity contribution in [2.24, 2.45) is 17.4 Å². The minimum Gasteiger partial charge on any atom is -0.591 e. The van der Waals surface area contributed by atoms with Crippen LogP contribution in [0.4, 0.5) is 13.2 Å². The van der Waals surface area contributed by atoms with Crippen molar-refractivity contribution in [3.05, 3.63) is 18.0 Å². The van der Waals surface area contributed by atoms with E-state index < -0.39 is 42.3 Å². The smallest absolute Gasteiger partial charge is 0.392 e. The normalized spacial score (nSPS) is 15.0. The second-order valence-electron chi connectivity index (χ2n) is 5.77. The van der Waals surface area contributed by atoms with Crippen LogP contribution in [0, 0.1) is 5.92 Å². The lowest BCUT2D eigenvalue weighted by Crippen LogP contribution is -2.29. The summed E-state index contributed by atoms with van der Waals surface area (Å²) in [7, 11) is 1.62. The van der Waals surface area contributed by atoms with E-state index in [0.717, 1.165) is 6.42 Å². The molecule has 0 spiro atoms. The highest BCUT2D eigenvalue weighted by Gasteiger charge is 2.42. The zero-order chi connectivity index (χ0) is 19.7. The third kappa shape index (κ3) is 7.77. The Morgan fingerprint density at radius 2 is 2.12 bits per heavy atom. The summed E-state index contributed by atoms with van der Waals surface area (Å²) < 4.78 is 62.3. The van der Waals surface area contributed by atoms with Gasteiger partial charge in [-0.1, -0.05) is 17.7 Å². The molecule has 0 radical (unpaired) electrons. The van der Waals surface area contributed by atoms with Crippen molar-refractivity contribution in [1.82, 2.24) is 9.78 Å². The van der Waals surface area contributed by atoms with Gasteiger partial charge in [-0.05, 0) is 13.3 Å². The van der Waals surface area contributed by atoms with Crippen LogP contribution in [-0.2, 0) is 27.9 Å². The number of carbonyl (C=O) groups excluding carboxylic acids is 1. The molecule has 0 saturated heterocycles. The van der Waals surface area contributed by atoms with Crippen LogP contribution in [0.2, 0.25) is 0 Å². The van der Waals surface area contributed by atoms with E-state index in [4.69, 9.17) is 0 Å². The Bertz CT molecular complexity index is 605. The molecule has 1 unspecified atom stereocenters. The van der Waals surface area contributed by atoms with Crippen molar-refractivity contribution in [2.75, 3.05) is 12.4 Å². The number of ether oxygens (including phenoxy) is 1. The summed E-state index contributed by atoms with van der Waals surface area (Å²) in [4.78, 5) is 11.5. The van der Waals surface area contributed by atoms with Gasteiger partial charge in [0.25, 0.3) is 0 Å². The Hall–Kier alpha value is -1.55. The first-order valence-corrected chi connectivity index (χ1v) is 9.62. The predicted molar refractivity (Wildman–Crippen MR) is 93.1 cm³/mol. The maximum Gasteiger partial charge on any atom is 0.392 e. The molecule has 1 aromatic rings. The van der Waals surface area contributed by atoms with Crippen LogP contribution in [0.1, 0.15) is 45.1 Å². The van der Waals surface area contributed by atoms with E-state index in [1.807, 2.05) is 6.92 Å². The third-order valence-electron chi connectivity index (χ3n) is 3.54. The van der Waals surface area contributed by atoms with Crippen LogP contribution < -0.4 is 0 Å². The summed E-state index contributed by atoms with van der Waals surface area (Å²) in [5.41, 5.74) is 0.384. The topological polar surface area (TPSA) is 79.5 Å². The predicted octanol–water partition coefficient (Wildman–Crippen LogP) is 3.19. The van der Waals surface area contributed by atoms with Crippen LogP contribution >= 0.6 is 0 Å². The number of nitrogens with zero attached hydrogens (tertiary/aromatic N) is 3. The first-order valence-electron chi connectivity index (χ1n) is 8.34. The number of aromatic nitrogens is 2. The number of aryl methyl sites for hydroxylation is 1. The molecule has 0 bridgehead atoms. The van der Waals surface area contributed by atoms with Crippen molar-refractivity contribution in [3.8, 4) is 0 Å². The maximum absolute atomic E-state index is 13.4. The lowest BCUT2D eigenvalue weighted by Gasteiger charge is -2.20. The number of halogens is 3. The van der Waals surface area contributed by atoms with Crippen molar-refractivity contribution in [3.63, 3.8) is 0 Å². The zero-order valence-corrected chi connectivity index (χ0v) is 15.9. The van der Waals surface area contributed by atoms with Crippen LogP contribution in [0.3, 0.4) is 0 Å². The number of esters is 1. The fourth-order valence-electron chi connectivity index (χ4n) is 2.17. The van der Waals surface area contributed by atoms with Gasteiger partial charge in [0, 0.05) is 25.2 Å². The van der Waals surface area contributed by atoms with Crippen molar-refractivity contribution in [1.29, 1.82) is 0 Å². The third-order valence-corrected chi connectivity index (χ3v) is 4.61. The quantitative estimate of drug-likeness (QED) is 0.346. The molecule has 1 rings (SSSR count). The molecule has 26 heavy (non-hydrogen) atoms. The molecule has 0 aromatic carbocycles. The van der Waals surface area contributed by atoms with E-state index >= 15 is 0 Å². The van der Waals surface area contributed by atoms with E-state index in [1.165, 1.54) is 24.0 Å². The zero-order valence-electron chi connectivity index (χ0n) is 15.1. The van der Waals surface area contributed by atoms with E-state index in [-0.39, 0.29) is 18.1 Å². The molecule has 1 aromatic heterocycles. The van der Waals surface area contributed by atoms with Gasteiger partial charge in [-0.3, -0.25) is 9.48 Å². The standard InChI is InChI=1S/C16H24F3N3O3S/c1-4-6-7-26(24)21-14(12-10-20-22(3)11-12)8-13(16(17,18)19)9-15(23)25-5-2/h10-11,13H,4-9H2,1-3H3/t13-,26?/m0/s1. The highest BCUT2D eigenvalue weighted by molar-refractivity contribution is 7.90. The monoisotopic (exact) mass is 395 g/mol. The SMILES string of the molecule is CCCC[S+]([O-])N=C(C[C@@H](CC(=O)OCC)C(F)(F)F)c1cnn(C)c1. The van der Waals surface area contributed by atoms with Gasteiger partial charge in [-0.15, -0.1) is 0 Å². The van der Waals surface area contributed by atoms with Gasteiger partial charge < -0.3 is 9.29 Å². The lowest BCUT2D eigenvalue weighted by molar-refractivity contribution is -0.182. The van der Waals surface area contributed by atoms with Gasteiger partial charge in [0.2, 0.25) is 0 Å². The molecule has 1 heterocycles. The molecule has 2 atom stereocenters. The van der Waals surface area contributed by atoms with Crippen LogP contribution in [0.5, 0.6) is 0 Å². The van der Waals surface area contributed by atoms with E-state index in [1.54, 1.807) is 7.05 Å². The molecule has 0 N–H and O–H groups in total. The van der Waals surface area contributed by atoms with Gasteiger partial charge in [0.1, 0.15) is 11.5 Å². The van der Waals surface area contributed by atoms with Gasteiger partial charge in [0.05, 0.1) is 36.5 Å². The minimum absolute atomic E-state index is 0.00793. The molecule has 10 heteroatoms. The van der Waals surface area contributed by atoms with Crippen molar-refractivity contribution < 1.29 is 27.3 Å². The van der Waals surface area contributed by atoms with Gasteiger partial charge in [-0.25, -0.2) is 0 Å². The Kier molecular flexibility index (Phi) is 9.14. The minimum atomic E-state index is -4.61. The Labute approximate surface area is 154 Å². The summed E-state index contributed by atoms with van der Waals surface area (Å²) in [6.45, 7) is 3.45. The highest BCUT2D eigenvalue weighted by atomic mass is 32.2. The molecule has 0 aliphatic heterocycles. The second kappa shape index (κ2) is 10.6. The Morgan fingerprint density at radius 1 is 1.42 bits per heavy atom. The summed E-state index contributed by atoms with van der Waals surface area (Å²) >= 11 is -1.63. The van der Waals surface area contributed by atoms with Crippen molar-refractivity contribution >= 4 is 23.0 Å². The Balaban J connectivity index is 3.06. The molecule has 0 saturated carbocycles. The van der Waals surface area contributed by atoms with Crippen LogP contribution in [-0.4, -0.2) is 44.6 Å². The lowest BCUT2D eigenvalue weighted by atomic mass is 9.95. The molecule has 148 valence electrons. The number of carbonyl (C=O) groups is 1. The van der Waals surface area contributed by atoms with Crippen molar-refractivity contribution in [2.45, 2.75) is 45.7 Å². The summed E-state index contributed by atoms with van der Waals surface area (Å²) in [5, 5.41) is 3.93. The maximum atomic E-state index is 13.4. The molecule has 0 aliphatic rings. The molecular weight excluding hydrogens is 371 g/mol. The highest BCUT2D eigenvalue weighted by Crippen LogP contribution is 2.33. The average Bonchev–Trinajstić information content (AvgIpc) is 2.97. The fourth-order valence-corrected chi connectivity index (χ4v) is 3.23. The number of unbranched alkanes of at least 4 members (excludes halogenated alkanes) is 1. The van der Waals surface area contributed by atoms with Crippen LogP contribution in [0.15, 0.2) is 16.8 Å². The number of alkyl halides is 3. The van der Waals surface area contributed by atoms with Gasteiger partial charge in [0.15, 0.2) is 0 Å². The first-order chi connectivity index (χ1) is 12.2. The number of rotatable bonds is 10. The second-order valence-corrected chi connectivity index (χ2v) is 7.01. The fraction of sp³-hybridized carbons (Fsp3) is 0.688. The molecule has 0 aliphatic carbocycles. The molecular formula is C16H24F3N3O3S. The number of hydrogen-bond donors (Lipinski definition) is 0. The molecule has 0 amide bonds. The summed E-state index contributed by atoms with van der Waals surface area (Å²) in [6.07, 6.45) is -1.65. The summed E-state index contributed by atoms with van der Waals surface area (Å²) in [5.74, 6) is -2.62. The van der Waals surface area contributed by atoms with E-state index in [2.05, 4.69) is 14.2 Å². The molecule has 6 nitrogen and oxygen atoms in total. The van der Waals surface area contributed by atoms with Crippen LogP contribution in [0.25, 0.3) is 0 Å². The average molecular weight is 395 g/mol. The van der Waals surface area contributed by atoms with Gasteiger partial charge >= 0.3 is 12.1 Å². The van der Waals surface area contributed by atoms with E-state index in [0.29, 0.717) is 12.0 Å². The first kappa shape index (κ1) is 22.5. The van der Waals surface area contributed by atoms with E-state index in [9.17, 15) is 22.5 Å². The summed E-state index contributed by atoms with van der Waals surface area (Å²) in [6, 6.07) is 0. The largest absolute Gasteiger partial charge is 0.591 e.